The first-order valence-electron chi connectivity index (χ1n) is 9.67. The summed E-state index contributed by atoms with van der Waals surface area (Å²) in [6.07, 6.45) is 0. The predicted molar refractivity (Wildman–Crippen MR) is 109 cm³/mol. The Morgan fingerprint density at radius 3 is 2.55 bits per heavy atom. The van der Waals surface area contributed by atoms with E-state index in [4.69, 9.17) is 0 Å². The Morgan fingerprint density at radius 1 is 1.10 bits per heavy atom. The minimum atomic E-state index is -0.348. The molecule has 0 spiro atoms. The number of benzene rings is 2. The Balaban J connectivity index is 1.51. The van der Waals surface area contributed by atoms with E-state index in [-0.39, 0.29) is 22.8 Å². The van der Waals surface area contributed by atoms with Crippen molar-refractivity contribution in [3.05, 3.63) is 75.3 Å². The number of fused-ring (bicyclic) bond motifs is 1. The van der Waals surface area contributed by atoms with Gasteiger partial charge in [0.05, 0.1) is 10.9 Å². The highest BCUT2D eigenvalue weighted by molar-refractivity contribution is 5.95. The topological polar surface area (TPSA) is 58.4 Å². The fourth-order valence-electron chi connectivity index (χ4n) is 3.76. The summed E-state index contributed by atoms with van der Waals surface area (Å²) in [5.74, 6) is -0.565. The highest BCUT2D eigenvalue weighted by Crippen LogP contribution is 2.15. The average Bonchev–Trinajstić information content (AvgIpc) is 2.72. The van der Waals surface area contributed by atoms with Gasteiger partial charge in [0.15, 0.2) is 5.69 Å². The molecule has 29 heavy (non-hydrogen) atoms. The van der Waals surface area contributed by atoms with E-state index < -0.39 is 0 Å². The molecule has 0 atom stereocenters. The Morgan fingerprint density at radius 2 is 1.83 bits per heavy atom. The summed E-state index contributed by atoms with van der Waals surface area (Å²) in [6.45, 7) is 4.60. The van der Waals surface area contributed by atoms with E-state index in [0.717, 1.165) is 5.56 Å². The molecule has 2 aromatic carbocycles. The van der Waals surface area contributed by atoms with Crippen LogP contribution in [-0.2, 0) is 13.6 Å². The van der Waals surface area contributed by atoms with Gasteiger partial charge in [0.2, 0.25) is 5.43 Å². The third-order valence-electron chi connectivity index (χ3n) is 5.42. The van der Waals surface area contributed by atoms with E-state index >= 15 is 0 Å². The quantitative estimate of drug-likeness (QED) is 0.684. The largest absolute Gasteiger partial charge is 0.335 e. The normalized spacial score (nSPS) is 15.1. The lowest BCUT2D eigenvalue weighted by atomic mass is 10.1. The van der Waals surface area contributed by atoms with Crippen molar-refractivity contribution in [3.63, 3.8) is 0 Å². The van der Waals surface area contributed by atoms with Crippen molar-refractivity contribution < 1.29 is 9.18 Å². The van der Waals surface area contributed by atoms with E-state index in [1.54, 1.807) is 34.8 Å². The van der Waals surface area contributed by atoms with Gasteiger partial charge in [-0.15, -0.1) is 0 Å². The molecule has 0 radical (unpaired) electrons. The summed E-state index contributed by atoms with van der Waals surface area (Å²) in [7, 11) is 1.74. The fraction of sp³-hybridized carbons (Fsp3) is 0.318. The minimum Gasteiger partial charge on any atom is -0.335 e. The number of carbonyl (C=O) groups excluding carboxylic acids is 1. The lowest BCUT2D eigenvalue weighted by Gasteiger charge is -2.34. The number of carbonyl (C=O) groups is 1. The highest BCUT2D eigenvalue weighted by atomic mass is 19.1. The van der Waals surface area contributed by atoms with Crippen LogP contribution in [0.1, 0.15) is 21.6 Å². The number of piperazine rings is 1. The number of hydrogen-bond acceptors (Lipinski definition) is 4. The van der Waals surface area contributed by atoms with Gasteiger partial charge >= 0.3 is 0 Å². The van der Waals surface area contributed by atoms with Crippen molar-refractivity contribution in [3.8, 4) is 0 Å². The molecule has 1 saturated heterocycles. The number of halogens is 1. The van der Waals surface area contributed by atoms with Gasteiger partial charge in [0.25, 0.3) is 5.91 Å². The molecule has 2 heterocycles. The molecule has 0 unspecified atom stereocenters. The van der Waals surface area contributed by atoms with Gasteiger partial charge in [0, 0.05) is 45.3 Å². The molecule has 6 nitrogen and oxygen atoms in total. The monoisotopic (exact) mass is 394 g/mol. The summed E-state index contributed by atoms with van der Waals surface area (Å²) in [5.41, 5.74) is 1.93. The molecular formula is C22H23FN4O2. The van der Waals surface area contributed by atoms with Gasteiger partial charge in [0.1, 0.15) is 5.82 Å². The summed E-state index contributed by atoms with van der Waals surface area (Å²) < 4.78 is 15.5. The van der Waals surface area contributed by atoms with Gasteiger partial charge in [-0.3, -0.25) is 19.2 Å². The molecule has 4 rings (SSSR count). The Labute approximate surface area is 168 Å². The molecule has 1 aromatic heterocycles. The number of hydrogen-bond donors (Lipinski definition) is 0. The molecule has 1 aliphatic heterocycles. The lowest BCUT2D eigenvalue weighted by Crippen LogP contribution is -2.49. The maximum Gasteiger partial charge on any atom is 0.278 e. The molecule has 1 fully saturated rings. The van der Waals surface area contributed by atoms with Crippen LogP contribution in [0.15, 0.2) is 47.3 Å². The van der Waals surface area contributed by atoms with Gasteiger partial charge < -0.3 is 4.90 Å². The summed E-state index contributed by atoms with van der Waals surface area (Å²) in [4.78, 5) is 29.6. The van der Waals surface area contributed by atoms with Gasteiger partial charge in [-0.1, -0.05) is 29.8 Å². The molecule has 0 aliphatic carbocycles. The number of aromatic nitrogens is 2. The summed E-state index contributed by atoms with van der Waals surface area (Å²) in [5, 5.41) is 4.76. The van der Waals surface area contributed by atoms with Crippen molar-refractivity contribution in [2.24, 2.45) is 7.05 Å². The first kappa shape index (κ1) is 19.3. The molecule has 1 amide bonds. The second-order valence-corrected chi connectivity index (χ2v) is 7.48. The number of amides is 1. The van der Waals surface area contributed by atoms with E-state index in [2.05, 4.69) is 10.00 Å². The maximum atomic E-state index is 13.9. The van der Waals surface area contributed by atoms with E-state index in [1.807, 2.05) is 25.1 Å². The Kier molecular flexibility index (Phi) is 5.15. The number of rotatable bonds is 3. The fourth-order valence-corrected chi connectivity index (χ4v) is 3.76. The third-order valence-corrected chi connectivity index (χ3v) is 5.42. The number of aryl methyl sites for hydroxylation is 2. The first-order valence-corrected chi connectivity index (χ1v) is 9.67. The first-order chi connectivity index (χ1) is 13.9. The van der Waals surface area contributed by atoms with E-state index in [9.17, 15) is 14.0 Å². The zero-order valence-electron chi connectivity index (χ0n) is 16.6. The van der Waals surface area contributed by atoms with Crippen LogP contribution in [0.25, 0.3) is 10.9 Å². The van der Waals surface area contributed by atoms with Gasteiger partial charge in [-0.2, -0.15) is 5.10 Å². The lowest BCUT2D eigenvalue weighted by molar-refractivity contribution is 0.0618. The van der Waals surface area contributed by atoms with E-state index in [1.165, 1.54) is 6.07 Å². The molecular weight excluding hydrogens is 371 g/mol. The molecule has 150 valence electrons. The summed E-state index contributed by atoms with van der Waals surface area (Å²) >= 11 is 0. The molecule has 7 heteroatoms. The van der Waals surface area contributed by atoms with Crippen molar-refractivity contribution in [1.29, 1.82) is 0 Å². The van der Waals surface area contributed by atoms with Crippen LogP contribution in [0.3, 0.4) is 0 Å². The van der Waals surface area contributed by atoms with Crippen LogP contribution in [-0.4, -0.2) is 51.7 Å². The van der Waals surface area contributed by atoms with Crippen molar-refractivity contribution in [2.45, 2.75) is 13.5 Å². The minimum absolute atomic E-state index is 0.0480. The Hall–Kier alpha value is -3.06. The molecule has 0 N–H and O–H groups in total. The van der Waals surface area contributed by atoms with Gasteiger partial charge in [-0.25, -0.2) is 4.39 Å². The smallest absolute Gasteiger partial charge is 0.278 e. The predicted octanol–water partition coefficient (Wildman–Crippen LogP) is 2.34. The molecule has 1 aliphatic rings. The maximum absolute atomic E-state index is 13.9. The van der Waals surface area contributed by atoms with Crippen LogP contribution in [0.4, 0.5) is 4.39 Å². The van der Waals surface area contributed by atoms with Crippen molar-refractivity contribution in [2.75, 3.05) is 26.2 Å². The molecule has 0 saturated carbocycles. The Bertz CT molecular complexity index is 1130. The zero-order chi connectivity index (χ0) is 20.5. The van der Waals surface area contributed by atoms with Crippen LogP contribution >= 0.6 is 0 Å². The van der Waals surface area contributed by atoms with Crippen LogP contribution in [0.2, 0.25) is 0 Å². The molecule has 0 bridgehead atoms. The zero-order valence-corrected chi connectivity index (χ0v) is 16.6. The third kappa shape index (κ3) is 3.78. The van der Waals surface area contributed by atoms with Crippen molar-refractivity contribution >= 4 is 16.8 Å². The van der Waals surface area contributed by atoms with Crippen molar-refractivity contribution in [1.82, 2.24) is 19.6 Å². The second-order valence-electron chi connectivity index (χ2n) is 7.48. The number of nitrogens with zero attached hydrogens (tertiary/aromatic N) is 4. The highest BCUT2D eigenvalue weighted by Gasteiger charge is 2.26. The van der Waals surface area contributed by atoms with E-state index in [0.29, 0.717) is 49.2 Å². The van der Waals surface area contributed by atoms with Crippen LogP contribution < -0.4 is 5.43 Å². The summed E-state index contributed by atoms with van der Waals surface area (Å²) in [6, 6.07) is 12.3. The van der Waals surface area contributed by atoms with Crippen LogP contribution in [0.5, 0.6) is 0 Å². The van der Waals surface area contributed by atoms with Crippen LogP contribution in [0, 0.1) is 12.7 Å². The average molecular weight is 394 g/mol. The molecule has 3 aromatic rings. The second kappa shape index (κ2) is 7.75. The SMILES string of the molecule is Cc1ccc2c(c1)c(=O)c(C(=O)N1CCN(Cc3ccccc3F)CC1)nn2C. The van der Waals surface area contributed by atoms with Gasteiger partial charge in [-0.05, 0) is 25.1 Å². The standard InChI is InChI=1S/C22H23FN4O2/c1-15-7-8-19-17(13-15)21(28)20(24-25(19)2)22(29)27-11-9-26(10-12-27)14-16-5-3-4-6-18(16)23/h3-8,13H,9-12,14H2,1-2H3.